The molecule has 4 rings (SSSR count). The van der Waals surface area contributed by atoms with E-state index in [0.29, 0.717) is 15.9 Å². The third-order valence-electron chi connectivity index (χ3n) is 4.49. The second kappa shape index (κ2) is 8.78. The van der Waals surface area contributed by atoms with Crippen LogP contribution in [0.4, 0.5) is 0 Å². The quantitative estimate of drug-likeness (QED) is 0.366. The van der Waals surface area contributed by atoms with Crippen LogP contribution in [0.5, 0.6) is 11.6 Å². The lowest BCUT2D eigenvalue weighted by molar-refractivity contribution is 0.461. The zero-order valence-electron chi connectivity index (χ0n) is 16.3. The van der Waals surface area contributed by atoms with Gasteiger partial charge in [-0.25, -0.2) is 8.42 Å². The number of ether oxygens (including phenoxy) is 1. The predicted molar refractivity (Wildman–Crippen MR) is 123 cm³/mol. The van der Waals surface area contributed by atoms with Gasteiger partial charge in [-0.15, -0.1) is 0 Å². The lowest BCUT2D eigenvalue weighted by atomic mass is 10.2. The fourth-order valence-corrected chi connectivity index (χ4v) is 4.33. The first-order valence-electron chi connectivity index (χ1n) is 9.27. The summed E-state index contributed by atoms with van der Waals surface area (Å²) in [6.07, 6.45) is 2.51. The molecule has 0 aliphatic heterocycles. The Kier molecular flexibility index (Phi) is 5.90. The molecule has 0 spiro atoms. The molecule has 0 saturated carbocycles. The van der Waals surface area contributed by atoms with Gasteiger partial charge >= 0.3 is 0 Å². The van der Waals surface area contributed by atoms with Crippen LogP contribution in [0.15, 0.2) is 98.1 Å². The lowest BCUT2D eigenvalue weighted by Gasteiger charge is -2.10. The topological polar surface area (TPSA) is 102 Å². The van der Waals surface area contributed by atoms with Crippen LogP contribution in [-0.4, -0.2) is 17.8 Å². The number of para-hydroxylation sites is 1. The van der Waals surface area contributed by atoms with E-state index in [9.17, 15) is 18.5 Å². The molecular weight excluding hydrogens is 494 g/mol. The van der Waals surface area contributed by atoms with Crippen LogP contribution >= 0.6 is 15.9 Å². The van der Waals surface area contributed by atoms with E-state index >= 15 is 0 Å². The van der Waals surface area contributed by atoms with Crippen molar-refractivity contribution in [2.75, 3.05) is 0 Å². The number of aromatic nitrogens is 2. The molecule has 0 aliphatic rings. The molecule has 32 heavy (non-hydrogen) atoms. The highest BCUT2D eigenvalue weighted by molar-refractivity contribution is 9.10. The van der Waals surface area contributed by atoms with E-state index < -0.39 is 20.3 Å². The number of hydrogen-bond acceptors (Lipinski definition) is 6. The van der Waals surface area contributed by atoms with Gasteiger partial charge in [0.25, 0.3) is 5.56 Å². The molecule has 0 N–H and O–H groups in total. The monoisotopic (exact) mass is 507 g/mol. The molecule has 0 fully saturated rings. The van der Waals surface area contributed by atoms with Crippen molar-refractivity contribution in [1.82, 2.24) is 9.38 Å². The minimum atomic E-state index is -4.18. The molecule has 2 aromatic carbocycles. The Morgan fingerprint density at radius 2 is 1.72 bits per heavy atom. The average molecular weight is 508 g/mol. The van der Waals surface area contributed by atoms with E-state index in [1.165, 1.54) is 22.7 Å². The van der Waals surface area contributed by atoms with Crippen LogP contribution < -0.4 is 10.3 Å². The molecule has 0 saturated heterocycles. The fraction of sp³-hybridized carbons (Fsp3) is 0. The van der Waals surface area contributed by atoms with Crippen molar-refractivity contribution in [2.24, 2.45) is 0 Å². The molecule has 0 amide bonds. The first-order chi connectivity index (χ1) is 15.4. The number of rotatable bonds is 5. The summed E-state index contributed by atoms with van der Waals surface area (Å²) in [6.45, 7) is 0. The largest absolute Gasteiger partial charge is 0.438 e. The molecule has 0 radical (unpaired) electrons. The standard InChI is InChI=1S/C23H14BrN3O4S/c24-16-9-11-18(12-10-16)32(29,30)19(15-25)14-20-22(31-17-6-2-1-3-7-17)26-21-8-4-5-13-27(21)23(20)28/h1-14H/b19-14+. The summed E-state index contributed by atoms with van der Waals surface area (Å²) in [4.78, 5) is 16.9. The predicted octanol–water partition coefficient (Wildman–Crippen LogP) is 4.59. The molecule has 0 bridgehead atoms. The second-order valence-electron chi connectivity index (χ2n) is 6.56. The van der Waals surface area contributed by atoms with Gasteiger partial charge in [0.15, 0.2) is 0 Å². The Hall–Kier alpha value is -3.74. The summed E-state index contributed by atoms with van der Waals surface area (Å²) < 4.78 is 33.8. The normalized spacial score (nSPS) is 11.8. The second-order valence-corrected chi connectivity index (χ2v) is 9.39. The lowest BCUT2D eigenvalue weighted by Crippen LogP contribution is -2.19. The number of pyridine rings is 1. The smallest absolute Gasteiger partial charge is 0.269 e. The van der Waals surface area contributed by atoms with Gasteiger partial charge in [0.1, 0.15) is 27.9 Å². The number of fused-ring (bicyclic) bond motifs is 1. The third kappa shape index (κ3) is 4.19. The van der Waals surface area contributed by atoms with Gasteiger partial charge in [-0.1, -0.05) is 40.2 Å². The molecule has 2 heterocycles. The number of sulfone groups is 1. The Balaban J connectivity index is 1.93. The number of nitriles is 1. The van der Waals surface area contributed by atoms with Crippen LogP contribution in [0.25, 0.3) is 11.7 Å². The Morgan fingerprint density at radius 1 is 1.03 bits per heavy atom. The van der Waals surface area contributed by atoms with Crippen molar-refractivity contribution in [3.8, 4) is 17.7 Å². The van der Waals surface area contributed by atoms with Crippen molar-refractivity contribution < 1.29 is 13.2 Å². The molecular formula is C23H14BrN3O4S. The van der Waals surface area contributed by atoms with E-state index in [1.807, 2.05) is 0 Å². The van der Waals surface area contributed by atoms with E-state index in [-0.39, 0.29) is 16.3 Å². The minimum Gasteiger partial charge on any atom is -0.438 e. The third-order valence-corrected chi connectivity index (χ3v) is 6.70. The average Bonchev–Trinajstić information content (AvgIpc) is 2.80. The van der Waals surface area contributed by atoms with Crippen LogP contribution in [-0.2, 0) is 9.84 Å². The van der Waals surface area contributed by atoms with Crippen LogP contribution in [0.2, 0.25) is 0 Å². The van der Waals surface area contributed by atoms with E-state index in [2.05, 4.69) is 20.9 Å². The molecule has 158 valence electrons. The highest BCUT2D eigenvalue weighted by Gasteiger charge is 2.23. The van der Waals surface area contributed by atoms with Gasteiger partial charge in [0.05, 0.1) is 4.90 Å². The van der Waals surface area contributed by atoms with Gasteiger partial charge < -0.3 is 4.74 Å². The van der Waals surface area contributed by atoms with Crippen molar-refractivity contribution in [3.63, 3.8) is 0 Å². The Morgan fingerprint density at radius 3 is 2.41 bits per heavy atom. The summed E-state index contributed by atoms with van der Waals surface area (Å²) in [5.41, 5.74) is -0.412. The van der Waals surface area contributed by atoms with Gasteiger partial charge in [-0.05, 0) is 54.6 Å². The van der Waals surface area contributed by atoms with E-state index in [1.54, 1.807) is 66.7 Å². The van der Waals surface area contributed by atoms with Crippen LogP contribution in [0.3, 0.4) is 0 Å². The zero-order valence-corrected chi connectivity index (χ0v) is 18.7. The molecule has 0 unspecified atom stereocenters. The number of halogens is 1. The SMILES string of the molecule is N#C/C(=C\c1c(Oc2ccccc2)nc2ccccn2c1=O)S(=O)(=O)c1ccc(Br)cc1. The van der Waals surface area contributed by atoms with Crippen molar-refractivity contribution in [1.29, 1.82) is 5.26 Å². The van der Waals surface area contributed by atoms with Gasteiger partial charge in [-0.3, -0.25) is 9.20 Å². The van der Waals surface area contributed by atoms with E-state index in [4.69, 9.17) is 4.74 Å². The molecule has 0 atom stereocenters. The highest BCUT2D eigenvalue weighted by atomic mass is 79.9. The summed E-state index contributed by atoms with van der Waals surface area (Å²) in [7, 11) is -4.18. The molecule has 0 aliphatic carbocycles. The van der Waals surface area contributed by atoms with Crippen LogP contribution in [0.1, 0.15) is 5.56 Å². The number of benzene rings is 2. The van der Waals surface area contributed by atoms with E-state index in [0.717, 1.165) is 6.08 Å². The maximum atomic E-state index is 13.2. The first-order valence-corrected chi connectivity index (χ1v) is 11.5. The first kappa shape index (κ1) is 21.5. The van der Waals surface area contributed by atoms with Gasteiger partial charge in [0, 0.05) is 10.7 Å². The number of hydrogen-bond donors (Lipinski definition) is 0. The van der Waals surface area contributed by atoms with Crippen molar-refractivity contribution in [2.45, 2.75) is 4.90 Å². The maximum Gasteiger partial charge on any atom is 0.269 e. The van der Waals surface area contributed by atoms with Gasteiger partial charge in [-0.2, -0.15) is 10.2 Å². The van der Waals surface area contributed by atoms with Crippen molar-refractivity contribution in [3.05, 3.63) is 104 Å². The number of allylic oxidation sites excluding steroid dienone is 1. The van der Waals surface area contributed by atoms with Gasteiger partial charge in [0.2, 0.25) is 15.7 Å². The summed E-state index contributed by atoms with van der Waals surface area (Å²) >= 11 is 3.25. The minimum absolute atomic E-state index is 0.0760. The Labute approximate surface area is 191 Å². The maximum absolute atomic E-state index is 13.2. The summed E-state index contributed by atoms with van der Waals surface area (Å²) in [6, 6.07) is 21.2. The Bertz CT molecular complexity index is 1540. The molecule has 2 aromatic heterocycles. The molecule has 9 heteroatoms. The number of nitrogens with zero attached hydrogens (tertiary/aromatic N) is 3. The highest BCUT2D eigenvalue weighted by Crippen LogP contribution is 2.27. The van der Waals surface area contributed by atoms with Crippen LogP contribution in [0, 0.1) is 11.3 Å². The van der Waals surface area contributed by atoms with Crippen molar-refractivity contribution >= 4 is 37.5 Å². The zero-order chi connectivity index (χ0) is 22.7. The fourth-order valence-electron chi connectivity index (χ4n) is 2.93. The summed E-state index contributed by atoms with van der Waals surface area (Å²) in [5.74, 6) is 0.301. The molecule has 7 nitrogen and oxygen atoms in total. The molecule has 4 aromatic rings. The summed E-state index contributed by atoms with van der Waals surface area (Å²) in [5, 5.41) is 9.65.